The zero-order valence-electron chi connectivity index (χ0n) is 61.9. The lowest BCUT2D eigenvalue weighted by atomic mass is 10.1. The highest BCUT2D eigenvalue weighted by molar-refractivity contribution is 6.05. The summed E-state index contributed by atoms with van der Waals surface area (Å²) in [7, 11) is 0. The number of fused-ring (bicyclic) bond motifs is 3. The number of rotatable bonds is 14. The van der Waals surface area contributed by atoms with E-state index in [1.54, 1.807) is 48.3 Å². The molecule has 0 saturated heterocycles. The Labute approximate surface area is 657 Å². The average Bonchev–Trinajstić information content (AvgIpc) is 1.46. The summed E-state index contributed by atoms with van der Waals surface area (Å²) in [6.45, 7) is 3.76. The minimum Gasteiger partial charge on any atom is -0.397 e. The topological polar surface area (TPSA) is 445 Å². The molecule has 0 radical (unpaired) electrons. The van der Waals surface area contributed by atoms with E-state index in [-0.39, 0.29) is 28.7 Å². The van der Waals surface area contributed by atoms with Crippen LogP contribution in [0, 0.1) is 67.9 Å². The molecular weight excluding hydrogens is 1490 g/mol. The molecule has 580 valence electrons. The number of nitrogens with two attached hydrogens (primary N) is 2. The highest BCUT2D eigenvalue weighted by atomic mass is 19.4. The number of carbonyl (C=O) groups is 2. The van der Waals surface area contributed by atoms with Crippen molar-refractivity contribution in [3.8, 4) is 57.5 Å². The molecule has 2 amide bonds. The predicted molar refractivity (Wildman–Crippen MR) is 426 cm³/mol. The molecule has 116 heavy (non-hydrogen) atoms. The Hall–Kier alpha value is -15.0. The lowest BCUT2D eigenvalue weighted by molar-refractivity contribution is -0.385. The number of pyridine rings is 10. The van der Waals surface area contributed by atoms with Gasteiger partial charge in [-0.3, -0.25) is 70.0 Å². The molecular formula is C83H69F3N22O8. The van der Waals surface area contributed by atoms with E-state index in [2.05, 4.69) is 128 Å². The highest BCUT2D eigenvalue weighted by Crippen LogP contribution is 2.44. The summed E-state index contributed by atoms with van der Waals surface area (Å²) in [6, 6.07) is 33.2. The second kappa shape index (κ2) is 32.7. The molecule has 0 aliphatic heterocycles. The maximum atomic E-state index is 12.5. The normalized spacial score (nSPS) is 13.9. The first kappa shape index (κ1) is 76.4. The number of alkyl halides is 3. The number of nitrogens with one attached hydrogen (secondary N) is 6. The summed E-state index contributed by atoms with van der Waals surface area (Å²) < 4.78 is 37.4. The number of hydrogen-bond acceptors (Lipinski definition) is 21. The van der Waals surface area contributed by atoms with Crippen molar-refractivity contribution in [3.05, 3.63) is 269 Å². The monoisotopic (exact) mass is 1560 g/mol. The zero-order chi connectivity index (χ0) is 80.9. The van der Waals surface area contributed by atoms with Crippen molar-refractivity contribution in [1.82, 2.24) is 75.0 Å². The number of amides is 2. The Bertz CT molecular complexity index is 6310. The third-order valence-corrected chi connectivity index (χ3v) is 19.5. The molecule has 0 aromatic carbocycles. The van der Waals surface area contributed by atoms with Gasteiger partial charge >= 0.3 is 12.1 Å². The van der Waals surface area contributed by atoms with Crippen molar-refractivity contribution in [2.75, 3.05) is 22.1 Å². The van der Waals surface area contributed by atoms with Gasteiger partial charge in [0.1, 0.15) is 47.2 Å². The van der Waals surface area contributed by atoms with Crippen LogP contribution in [-0.2, 0) is 4.79 Å². The molecule has 10 N–H and O–H groups in total. The van der Waals surface area contributed by atoms with Crippen molar-refractivity contribution >= 4 is 85.0 Å². The number of nitrogen functional groups attached to an aromatic ring is 2. The van der Waals surface area contributed by atoms with Gasteiger partial charge in [0.05, 0.1) is 49.7 Å². The molecule has 0 spiro atoms. The molecule has 0 unspecified atom stereocenters. The van der Waals surface area contributed by atoms with Gasteiger partial charge in [0.25, 0.3) is 23.0 Å². The van der Waals surface area contributed by atoms with Crippen LogP contribution in [0.3, 0.4) is 0 Å². The molecule has 0 bridgehead atoms. The summed E-state index contributed by atoms with van der Waals surface area (Å²) in [5, 5.41) is 46.5. The Morgan fingerprint density at radius 1 is 0.457 bits per heavy atom. The molecule has 14 heterocycles. The summed E-state index contributed by atoms with van der Waals surface area (Å²) in [5.74, 6) is 11.0. The van der Waals surface area contributed by atoms with Gasteiger partial charge in [-0.25, -0.2) is 24.9 Å². The number of aromatic nitrogens is 15. The fraction of sp³-hybridized carbons (Fsp3) is 0.217. The van der Waals surface area contributed by atoms with E-state index >= 15 is 0 Å². The molecule has 5 fully saturated rings. The van der Waals surface area contributed by atoms with Gasteiger partial charge in [0.15, 0.2) is 5.69 Å². The largest absolute Gasteiger partial charge is 0.471 e. The van der Waals surface area contributed by atoms with E-state index in [4.69, 9.17) is 11.5 Å². The third-order valence-electron chi connectivity index (χ3n) is 19.5. The molecule has 19 rings (SSSR count). The van der Waals surface area contributed by atoms with Crippen LogP contribution in [0.25, 0.3) is 66.9 Å². The van der Waals surface area contributed by atoms with E-state index in [1.807, 2.05) is 81.0 Å². The zero-order valence-corrected chi connectivity index (χ0v) is 61.9. The summed E-state index contributed by atoms with van der Waals surface area (Å²) in [4.78, 5) is 106. The lowest BCUT2D eigenvalue weighted by Gasteiger charge is -2.08. The lowest BCUT2D eigenvalue weighted by Crippen LogP contribution is -2.30. The second-order valence-corrected chi connectivity index (χ2v) is 28.5. The predicted octanol–water partition coefficient (Wildman–Crippen LogP) is 16.0. The fourth-order valence-corrected chi connectivity index (χ4v) is 12.4. The van der Waals surface area contributed by atoms with E-state index in [0.29, 0.717) is 63.4 Å². The average molecular weight is 1560 g/mol. The van der Waals surface area contributed by atoms with Crippen molar-refractivity contribution in [2.24, 2.45) is 0 Å². The quantitative estimate of drug-likeness (QED) is 0.0285. The van der Waals surface area contributed by atoms with E-state index in [9.17, 15) is 53.1 Å². The maximum absolute atomic E-state index is 12.5. The maximum Gasteiger partial charge on any atom is 0.471 e. The van der Waals surface area contributed by atoms with Gasteiger partial charge in [0, 0.05) is 180 Å². The number of H-pyrrole nitrogens is 4. The van der Waals surface area contributed by atoms with E-state index in [0.717, 1.165) is 132 Å². The number of nitro groups is 3. The van der Waals surface area contributed by atoms with Crippen LogP contribution >= 0.6 is 0 Å². The molecule has 5 saturated carbocycles. The summed E-state index contributed by atoms with van der Waals surface area (Å²) in [6.07, 6.45) is 22.0. The smallest absolute Gasteiger partial charge is 0.397 e. The number of aromatic amines is 4. The molecule has 14 aromatic rings. The Morgan fingerprint density at radius 2 is 0.853 bits per heavy atom. The van der Waals surface area contributed by atoms with Crippen molar-refractivity contribution in [3.63, 3.8) is 0 Å². The number of aryl methyl sites for hydroxylation is 1. The molecule has 30 nitrogen and oxygen atoms in total. The van der Waals surface area contributed by atoms with Crippen LogP contribution in [0.2, 0.25) is 0 Å². The van der Waals surface area contributed by atoms with E-state index in [1.165, 1.54) is 75.4 Å². The molecule has 14 aromatic heterocycles. The number of halogens is 3. The fourth-order valence-electron chi connectivity index (χ4n) is 12.4. The van der Waals surface area contributed by atoms with Crippen LogP contribution in [-0.4, -0.2) is 108 Å². The second-order valence-electron chi connectivity index (χ2n) is 28.5. The molecule has 5 aliphatic rings. The number of carbonyl (C=O) groups excluding carboxylic acids is 2. The molecule has 5 aliphatic carbocycles. The molecule has 33 heteroatoms. The number of anilines is 4. The first-order chi connectivity index (χ1) is 55.9. The van der Waals surface area contributed by atoms with Crippen molar-refractivity contribution in [1.29, 1.82) is 0 Å². The number of nitrogens with zero attached hydrogens (tertiary/aromatic N) is 14. The first-order valence-corrected chi connectivity index (χ1v) is 36.9. The molecule has 0 atom stereocenters. The third kappa shape index (κ3) is 18.9. The van der Waals surface area contributed by atoms with Crippen LogP contribution < -0.4 is 22.1 Å². The Balaban J connectivity index is 0.000000115. The Morgan fingerprint density at radius 3 is 1.30 bits per heavy atom. The minimum atomic E-state index is -5.13. The minimum absolute atomic E-state index is 0.00134. The van der Waals surface area contributed by atoms with Crippen LogP contribution in [0.5, 0.6) is 0 Å². The summed E-state index contributed by atoms with van der Waals surface area (Å²) in [5.41, 5.74) is 29.8. The van der Waals surface area contributed by atoms with Gasteiger partial charge in [0.2, 0.25) is 0 Å². The SMILES string of the molecule is Cc1[nH]nc(C(=O)Nc2cnc3[nH]c(-c4ccnc(C5CC5)c4)cc3c2)c1C.Nc1cnc2[nH]c(-c3ccnc(C4CC4)c3)cc2c1.Nc1ncc([N+](=O)[O-])cc1C#Cc1ccnc(C2CC2)c1.O=C(Nc1ncc([N+](=O)[O-])cc1C#Cc1ccnc(C2CC2)c1)C(F)(F)F.O=[N+]([O-])c1cnc2[nH]c(-c3ccnc(C4CC4)c3)cc2c1. The van der Waals surface area contributed by atoms with Gasteiger partial charge in [-0.2, -0.15) is 18.3 Å². The summed E-state index contributed by atoms with van der Waals surface area (Å²) >= 11 is 0. The Kier molecular flexibility index (Phi) is 21.5. The standard InChI is InChI=1S/C21H20N6O.C17H11F3N4O3.2C15H12N4O2.C15H14N4/c1-11-12(2)26-27-19(11)21(28)24-16-7-15-9-18(25-20(15)23-10-16)14-5-6-22-17(8-14)13-3-4-13;18-17(19,20)16(25)23-15-12(8-13(9-22-15)24(26)27)2-1-10-5-6-21-14(7-10)11-3-4-11;20-19(21)12-5-11-7-14(18-15(11)17-8-12)10-3-4-16-13(6-10)9-1-2-9;16-15-12(8-13(9-18-15)19(20)21)2-1-10-5-6-17-14(7-10)11-3-4-11;16-12-5-11-7-14(19-15(11)18-8-12)10-3-4-17-13(6-10)9-1-2-9/h5-10,13H,3-4H2,1-2H3,(H,23,25)(H,24,28)(H,26,27);5-9,11H,3-4H2,(H,22,23,25);3-9H,1-2H2,(H,17,18);5-9,11H,3-4H2,(H2,16,18);3-9H,1-2,16H2,(H,18,19). The van der Waals surface area contributed by atoms with Gasteiger partial charge in [-0.15, -0.1) is 0 Å². The van der Waals surface area contributed by atoms with Crippen LogP contribution in [0.4, 0.5) is 53.2 Å². The van der Waals surface area contributed by atoms with Crippen LogP contribution in [0.15, 0.2) is 171 Å². The highest BCUT2D eigenvalue weighted by Gasteiger charge is 2.39. The van der Waals surface area contributed by atoms with Crippen molar-refractivity contribution in [2.45, 2.75) is 114 Å². The van der Waals surface area contributed by atoms with E-state index < -0.39 is 38.4 Å². The number of hydrogen-bond donors (Lipinski definition) is 8. The van der Waals surface area contributed by atoms with Gasteiger partial charge in [-0.05, 0) is 169 Å². The van der Waals surface area contributed by atoms with Crippen LogP contribution in [0.1, 0.15) is 166 Å². The van der Waals surface area contributed by atoms with Gasteiger partial charge in [-0.1, -0.05) is 23.7 Å². The first-order valence-electron chi connectivity index (χ1n) is 36.9. The van der Waals surface area contributed by atoms with Crippen molar-refractivity contribution < 1.29 is 37.5 Å². The van der Waals surface area contributed by atoms with Gasteiger partial charge < -0.3 is 37.1 Å².